The molecule has 134 valence electrons. The number of halogens is 3. The minimum absolute atomic E-state index is 0. The van der Waals surface area contributed by atoms with Gasteiger partial charge in [-0.15, -0.1) is 23.7 Å². The Kier molecular flexibility index (Phi) is 5.36. The number of benzene rings is 1. The van der Waals surface area contributed by atoms with E-state index >= 15 is 0 Å². The highest BCUT2D eigenvalue weighted by atomic mass is 35.5. The standard InChI is InChI=1S/C17H17F2N3OS.ClH/c18-12-2-1-3-13(19)15(12)16-21-14(9-24-16)17(23)22-7-6-10-4-5-11(8-22)20-10;/h1-3,9-11,20H,4-8H2;1H. The number of aromatic nitrogens is 1. The van der Waals surface area contributed by atoms with Crippen LogP contribution in [0.4, 0.5) is 8.78 Å². The van der Waals surface area contributed by atoms with E-state index in [4.69, 9.17) is 0 Å². The molecule has 0 aliphatic carbocycles. The van der Waals surface area contributed by atoms with Crippen LogP contribution in [-0.4, -0.2) is 41.0 Å². The predicted octanol–water partition coefficient (Wildman–Crippen LogP) is 3.48. The molecule has 2 bridgehead atoms. The number of hydrogen-bond donors (Lipinski definition) is 1. The summed E-state index contributed by atoms with van der Waals surface area (Å²) in [4.78, 5) is 18.7. The van der Waals surface area contributed by atoms with E-state index in [1.165, 1.54) is 24.6 Å². The first-order chi connectivity index (χ1) is 11.6. The Morgan fingerprint density at radius 3 is 2.68 bits per heavy atom. The molecule has 2 aromatic rings. The maximum absolute atomic E-state index is 13.9. The fourth-order valence-corrected chi connectivity index (χ4v) is 4.32. The molecule has 4 rings (SSSR count). The van der Waals surface area contributed by atoms with E-state index in [-0.39, 0.29) is 34.6 Å². The number of likely N-dealkylation sites (tertiary alicyclic amines) is 1. The predicted molar refractivity (Wildman–Crippen MR) is 95.2 cm³/mol. The summed E-state index contributed by atoms with van der Waals surface area (Å²) in [6.07, 6.45) is 3.18. The second-order valence-corrected chi connectivity index (χ2v) is 7.17. The van der Waals surface area contributed by atoms with Gasteiger partial charge in [0.2, 0.25) is 0 Å². The second-order valence-electron chi connectivity index (χ2n) is 6.31. The maximum atomic E-state index is 13.9. The van der Waals surface area contributed by atoms with Crippen molar-refractivity contribution in [1.82, 2.24) is 15.2 Å². The Morgan fingerprint density at radius 2 is 1.92 bits per heavy atom. The lowest BCUT2D eigenvalue weighted by Crippen LogP contribution is -2.39. The van der Waals surface area contributed by atoms with Crippen molar-refractivity contribution < 1.29 is 13.6 Å². The van der Waals surface area contributed by atoms with Crippen LogP contribution in [0.2, 0.25) is 0 Å². The second kappa shape index (κ2) is 7.35. The van der Waals surface area contributed by atoms with E-state index in [9.17, 15) is 13.6 Å². The Balaban J connectivity index is 0.00000182. The third-order valence-corrected chi connectivity index (χ3v) is 5.57. The van der Waals surface area contributed by atoms with E-state index in [2.05, 4.69) is 10.3 Å². The van der Waals surface area contributed by atoms with E-state index in [0.717, 1.165) is 24.2 Å². The van der Waals surface area contributed by atoms with Gasteiger partial charge in [-0.1, -0.05) is 6.07 Å². The lowest BCUT2D eigenvalue weighted by atomic mass is 10.1. The van der Waals surface area contributed by atoms with Crippen LogP contribution in [-0.2, 0) is 0 Å². The molecular weight excluding hydrogens is 368 g/mol. The molecule has 2 aliphatic rings. The number of amides is 1. The third-order valence-electron chi connectivity index (χ3n) is 4.71. The first kappa shape index (κ1) is 18.2. The molecule has 1 amide bonds. The molecule has 2 atom stereocenters. The molecule has 1 aromatic heterocycles. The molecule has 1 N–H and O–H groups in total. The van der Waals surface area contributed by atoms with Gasteiger partial charge in [-0.2, -0.15) is 0 Å². The minimum Gasteiger partial charge on any atom is -0.336 e. The van der Waals surface area contributed by atoms with Crippen LogP contribution in [0.1, 0.15) is 29.8 Å². The normalized spacial score (nSPS) is 22.4. The van der Waals surface area contributed by atoms with E-state index in [1.54, 1.807) is 10.3 Å². The van der Waals surface area contributed by atoms with Crippen molar-refractivity contribution >= 4 is 29.7 Å². The lowest BCUT2D eigenvalue weighted by Gasteiger charge is -2.23. The van der Waals surface area contributed by atoms with E-state index in [0.29, 0.717) is 25.2 Å². The fourth-order valence-electron chi connectivity index (χ4n) is 3.48. The van der Waals surface area contributed by atoms with Crippen molar-refractivity contribution in [3.05, 3.63) is 40.9 Å². The number of hydrogen-bond acceptors (Lipinski definition) is 4. The average Bonchev–Trinajstić information content (AvgIpc) is 3.14. The first-order valence-corrected chi connectivity index (χ1v) is 8.95. The topological polar surface area (TPSA) is 45.2 Å². The Morgan fingerprint density at radius 1 is 1.20 bits per heavy atom. The first-order valence-electron chi connectivity index (χ1n) is 8.07. The van der Waals surface area contributed by atoms with Gasteiger partial charge in [0.15, 0.2) is 0 Å². The molecule has 0 spiro atoms. The summed E-state index contributed by atoms with van der Waals surface area (Å²) in [7, 11) is 0. The van der Waals surface area contributed by atoms with Crippen molar-refractivity contribution in [1.29, 1.82) is 0 Å². The zero-order chi connectivity index (χ0) is 16.7. The van der Waals surface area contributed by atoms with Gasteiger partial charge in [0.1, 0.15) is 22.3 Å². The fraction of sp³-hybridized carbons (Fsp3) is 0.412. The molecule has 3 heterocycles. The van der Waals surface area contributed by atoms with Crippen LogP contribution in [0, 0.1) is 11.6 Å². The van der Waals surface area contributed by atoms with Crippen molar-refractivity contribution in [2.75, 3.05) is 13.1 Å². The quantitative estimate of drug-likeness (QED) is 0.860. The largest absolute Gasteiger partial charge is 0.336 e. The summed E-state index contributed by atoms with van der Waals surface area (Å²) in [5.74, 6) is -1.50. The summed E-state index contributed by atoms with van der Waals surface area (Å²) < 4.78 is 27.8. The zero-order valence-corrected chi connectivity index (χ0v) is 15.0. The number of fused-ring (bicyclic) bond motifs is 2. The van der Waals surface area contributed by atoms with Crippen molar-refractivity contribution in [2.45, 2.75) is 31.3 Å². The third kappa shape index (κ3) is 3.54. The van der Waals surface area contributed by atoms with Gasteiger partial charge in [0, 0.05) is 30.6 Å². The molecule has 0 radical (unpaired) electrons. The van der Waals surface area contributed by atoms with Gasteiger partial charge in [0.25, 0.3) is 5.91 Å². The number of nitrogens with one attached hydrogen (secondary N) is 1. The summed E-state index contributed by atoms with van der Waals surface area (Å²) in [5, 5.41) is 5.31. The molecule has 25 heavy (non-hydrogen) atoms. The monoisotopic (exact) mass is 385 g/mol. The highest BCUT2D eigenvalue weighted by molar-refractivity contribution is 7.13. The number of nitrogens with zero attached hydrogens (tertiary/aromatic N) is 2. The van der Waals surface area contributed by atoms with E-state index in [1.807, 2.05) is 0 Å². The van der Waals surface area contributed by atoms with Gasteiger partial charge in [-0.3, -0.25) is 4.79 Å². The van der Waals surface area contributed by atoms with E-state index < -0.39 is 11.6 Å². The van der Waals surface area contributed by atoms with Crippen LogP contribution in [0.3, 0.4) is 0 Å². The number of carbonyl (C=O) groups is 1. The van der Waals surface area contributed by atoms with Gasteiger partial charge in [0.05, 0.1) is 5.56 Å². The number of thiazole rings is 1. The average molecular weight is 386 g/mol. The lowest BCUT2D eigenvalue weighted by molar-refractivity contribution is 0.0743. The van der Waals surface area contributed by atoms with Crippen molar-refractivity contribution in [2.24, 2.45) is 0 Å². The van der Waals surface area contributed by atoms with Crippen molar-refractivity contribution in [3.8, 4) is 10.6 Å². The Hall–Kier alpha value is -1.57. The van der Waals surface area contributed by atoms with Crippen LogP contribution in [0.15, 0.2) is 23.6 Å². The van der Waals surface area contributed by atoms with Crippen LogP contribution >= 0.6 is 23.7 Å². The molecule has 2 fully saturated rings. The van der Waals surface area contributed by atoms with Crippen LogP contribution in [0.5, 0.6) is 0 Å². The highest BCUT2D eigenvalue weighted by Gasteiger charge is 2.32. The maximum Gasteiger partial charge on any atom is 0.273 e. The van der Waals surface area contributed by atoms with Gasteiger partial charge >= 0.3 is 0 Å². The van der Waals surface area contributed by atoms with Crippen molar-refractivity contribution in [3.63, 3.8) is 0 Å². The SMILES string of the molecule is Cl.O=C(c1csc(-c2c(F)cccc2F)n1)N1CCC2CCC(C1)N2. The highest BCUT2D eigenvalue weighted by Crippen LogP contribution is 2.29. The number of carbonyl (C=O) groups excluding carboxylic acids is 1. The molecule has 1 aromatic carbocycles. The van der Waals surface area contributed by atoms with Gasteiger partial charge in [-0.05, 0) is 31.4 Å². The zero-order valence-electron chi connectivity index (χ0n) is 13.4. The van der Waals surface area contributed by atoms with Gasteiger partial charge < -0.3 is 10.2 Å². The number of rotatable bonds is 2. The van der Waals surface area contributed by atoms with Crippen LogP contribution in [0.25, 0.3) is 10.6 Å². The summed E-state index contributed by atoms with van der Waals surface area (Å²) in [6.45, 7) is 1.35. The van der Waals surface area contributed by atoms with Gasteiger partial charge in [-0.25, -0.2) is 13.8 Å². The molecule has 2 aliphatic heterocycles. The minimum atomic E-state index is -0.667. The molecule has 2 saturated heterocycles. The Labute approximate surface area is 154 Å². The summed E-state index contributed by atoms with van der Waals surface area (Å²) in [5.41, 5.74) is 0.0913. The van der Waals surface area contributed by atoms with Crippen LogP contribution < -0.4 is 5.32 Å². The smallest absolute Gasteiger partial charge is 0.273 e. The summed E-state index contributed by atoms with van der Waals surface area (Å²) >= 11 is 1.09. The Bertz CT molecular complexity index is 765. The molecule has 8 heteroatoms. The molecule has 0 saturated carbocycles. The molecular formula is C17H18ClF2N3OS. The molecule has 4 nitrogen and oxygen atoms in total. The molecule has 2 unspecified atom stereocenters. The summed E-state index contributed by atoms with van der Waals surface area (Å²) in [6, 6.07) is 4.53.